The number of aliphatic hydroxyl groups is 1. The number of hydrogen-bond donors (Lipinski definition) is 2. The van der Waals surface area contributed by atoms with Crippen LogP contribution in [0.25, 0.3) is 0 Å². The van der Waals surface area contributed by atoms with Crippen molar-refractivity contribution < 1.29 is 26.7 Å². The molecular weight excluding hydrogens is 309 g/mol. The van der Waals surface area contributed by atoms with E-state index in [9.17, 15) is 21.6 Å². The number of hydrogen-bond acceptors (Lipinski definition) is 4. The van der Waals surface area contributed by atoms with Gasteiger partial charge in [0.05, 0.1) is 12.4 Å². The van der Waals surface area contributed by atoms with Crippen LogP contribution in [-0.2, 0) is 22.3 Å². The van der Waals surface area contributed by atoms with E-state index in [2.05, 4.69) is 0 Å². The van der Waals surface area contributed by atoms with E-state index in [1.807, 2.05) is 0 Å². The molecule has 0 saturated heterocycles. The molecule has 1 aromatic carbocycles. The monoisotopic (exact) mass is 326 g/mol. The smallest absolute Gasteiger partial charge is 0.395 e. The molecule has 1 aromatic rings. The molecule has 120 valence electrons. The molecule has 0 fully saturated rings. The van der Waals surface area contributed by atoms with Crippen LogP contribution >= 0.6 is 0 Å². The Labute approximate surface area is 121 Å². The third-order valence-electron chi connectivity index (χ3n) is 2.71. The molecule has 0 amide bonds. The average molecular weight is 326 g/mol. The number of sulfonamides is 1. The van der Waals surface area contributed by atoms with Crippen LogP contribution in [-0.4, -0.2) is 43.7 Å². The Bertz CT molecular complexity index is 544. The lowest BCUT2D eigenvalue weighted by atomic mass is 10.1. The summed E-state index contributed by atoms with van der Waals surface area (Å²) >= 11 is 0. The minimum absolute atomic E-state index is 0.240. The highest BCUT2D eigenvalue weighted by Crippen LogP contribution is 2.20. The Morgan fingerprint density at radius 3 is 2.10 bits per heavy atom. The van der Waals surface area contributed by atoms with Crippen LogP contribution in [0.15, 0.2) is 24.3 Å². The van der Waals surface area contributed by atoms with Gasteiger partial charge < -0.3 is 10.8 Å². The van der Waals surface area contributed by atoms with E-state index in [-0.39, 0.29) is 10.8 Å². The van der Waals surface area contributed by atoms with Gasteiger partial charge in [-0.05, 0) is 11.1 Å². The molecule has 0 aromatic heterocycles. The first-order valence-corrected chi connectivity index (χ1v) is 7.72. The largest absolute Gasteiger partial charge is 0.402 e. The van der Waals surface area contributed by atoms with Gasteiger partial charge in [0, 0.05) is 13.1 Å². The molecule has 21 heavy (non-hydrogen) atoms. The van der Waals surface area contributed by atoms with Crippen molar-refractivity contribution in [1.29, 1.82) is 0 Å². The number of alkyl halides is 3. The summed E-state index contributed by atoms with van der Waals surface area (Å²) in [5.41, 5.74) is 6.55. The normalized spacial score (nSPS) is 12.9. The second-order valence-electron chi connectivity index (χ2n) is 4.45. The molecule has 5 nitrogen and oxygen atoms in total. The molecule has 0 radical (unpaired) electrons. The lowest BCUT2D eigenvalue weighted by Gasteiger charge is -2.22. The Balaban J connectivity index is 2.89. The van der Waals surface area contributed by atoms with E-state index >= 15 is 0 Å². The van der Waals surface area contributed by atoms with Gasteiger partial charge in [-0.25, -0.2) is 8.42 Å². The number of halogens is 3. The van der Waals surface area contributed by atoms with Crippen molar-refractivity contribution in [2.45, 2.75) is 18.5 Å². The van der Waals surface area contributed by atoms with Crippen LogP contribution in [0.2, 0.25) is 0 Å². The molecule has 0 aliphatic heterocycles. The summed E-state index contributed by atoms with van der Waals surface area (Å²) in [7, 11) is -4.17. The van der Waals surface area contributed by atoms with E-state index in [1.54, 1.807) is 12.1 Å². The van der Waals surface area contributed by atoms with Crippen LogP contribution in [0, 0.1) is 0 Å². The van der Waals surface area contributed by atoms with Crippen LogP contribution in [0.4, 0.5) is 13.2 Å². The van der Waals surface area contributed by atoms with E-state index < -0.39 is 41.6 Å². The molecule has 1 rings (SSSR count). The first-order chi connectivity index (χ1) is 9.68. The average Bonchev–Trinajstić information content (AvgIpc) is 2.37. The first kappa shape index (κ1) is 17.9. The predicted octanol–water partition coefficient (Wildman–Crippen LogP) is 0.832. The van der Waals surface area contributed by atoms with Crippen molar-refractivity contribution >= 4 is 10.0 Å². The number of benzene rings is 1. The number of aliphatic hydroxyl groups excluding tert-OH is 1. The van der Waals surface area contributed by atoms with Gasteiger partial charge in [-0.3, -0.25) is 0 Å². The van der Waals surface area contributed by atoms with Gasteiger partial charge in [-0.2, -0.15) is 17.5 Å². The Morgan fingerprint density at radius 2 is 1.67 bits per heavy atom. The third kappa shape index (κ3) is 6.00. The molecular formula is C12H17F3N2O3S. The molecule has 0 aliphatic rings. The second kappa shape index (κ2) is 7.21. The Kier molecular flexibility index (Phi) is 6.14. The summed E-state index contributed by atoms with van der Waals surface area (Å²) in [4.78, 5) is 0. The quantitative estimate of drug-likeness (QED) is 0.777. The van der Waals surface area contributed by atoms with Crippen molar-refractivity contribution in [3.05, 3.63) is 35.4 Å². The maximum Gasteiger partial charge on any atom is 0.402 e. The summed E-state index contributed by atoms with van der Waals surface area (Å²) in [5.74, 6) is -0.562. The van der Waals surface area contributed by atoms with E-state index in [0.717, 1.165) is 5.56 Å². The van der Waals surface area contributed by atoms with E-state index in [4.69, 9.17) is 10.8 Å². The lowest BCUT2D eigenvalue weighted by Crippen LogP contribution is -2.41. The summed E-state index contributed by atoms with van der Waals surface area (Å²) < 4.78 is 61.5. The maximum atomic E-state index is 12.4. The zero-order valence-corrected chi connectivity index (χ0v) is 12.0. The number of nitrogens with two attached hydrogens (primary N) is 1. The molecule has 3 N–H and O–H groups in total. The summed E-state index contributed by atoms with van der Waals surface area (Å²) in [5, 5.41) is 8.74. The van der Waals surface area contributed by atoms with Gasteiger partial charge in [0.1, 0.15) is 6.54 Å². The fraction of sp³-hybridized carbons (Fsp3) is 0.500. The summed E-state index contributed by atoms with van der Waals surface area (Å²) in [6.07, 6.45) is -4.66. The van der Waals surface area contributed by atoms with Crippen molar-refractivity contribution in [1.82, 2.24) is 4.31 Å². The predicted molar refractivity (Wildman–Crippen MR) is 71.7 cm³/mol. The van der Waals surface area contributed by atoms with Gasteiger partial charge in [0.2, 0.25) is 10.0 Å². The third-order valence-corrected chi connectivity index (χ3v) is 4.50. The molecule has 0 heterocycles. The number of nitrogens with zero attached hydrogens (tertiary/aromatic N) is 1. The Morgan fingerprint density at radius 1 is 1.14 bits per heavy atom. The summed E-state index contributed by atoms with van der Waals surface area (Å²) in [6.45, 7) is -2.60. The summed E-state index contributed by atoms with van der Waals surface area (Å²) in [6, 6.07) is 6.24. The minimum Gasteiger partial charge on any atom is -0.395 e. The highest BCUT2D eigenvalue weighted by Gasteiger charge is 2.35. The molecule has 9 heteroatoms. The van der Waals surface area contributed by atoms with Gasteiger partial charge in [-0.1, -0.05) is 24.3 Å². The van der Waals surface area contributed by atoms with Crippen LogP contribution < -0.4 is 5.73 Å². The fourth-order valence-corrected chi connectivity index (χ4v) is 3.20. The molecule has 0 atom stereocenters. The second-order valence-corrected chi connectivity index (χ2v) is 6.42. The molecule has 0 spiro atoms. The van der Waals surface area contributed by atoms with E-state index in [0.29, 0.717) is 5.56 Å². The Hall–Kier alpha value is -1.16. The van der Waals surface area contributed by atoms with Crippen LogP contribution in [0.3, 0.4) is 0 Å². The fourth-order valence-electron chi connectivity index (χ4n) is 1.70. The highest BCUT2D eigenvalue weighted by atomic mass is 32.2. The maximum absolute atomic E-state index is 12.4. The van der Waals surface area contributed by atoms with E-state index in [1.165, 1.54) is 12.1 Å². The molecule has 0 aliphatic carbocycles. The topological polar surface area (TPSA) is 83.6 Å². The van der Waals surface area contributed by atoms with Crippen molar-refractivity contribution in [2.24, 2.45) is 5.73 Å². The zero-order valence-electron chi connectivity index (χ0n) is 11.2. The van der Waals surface area contributed by atoms with Crippen LogP contribution in [0.1, 0.15) is 11.1 Å². The minimum atomic E-state index is -4.66. The van der Waals surface area contributed by atoms with Crippen LogP contribution in [0.5, 0.6) is 0 Å². The van der Waals surface area contributed by atoms with Gasteiger partial charge in [-0.15, -0.1) is 0 Å². The van der Waals surface area contributed by atoms with Crippen molar-refractivity contribution in [3.8, 4) is 0 Å². The first-order valence-electron chi connectivity index (χ1n) is 6.11. The van der Waals surface area contributed by atoms with Gasteiger partial charge >= 0.3 is 6.18 Å². The number of rotatable bonds is 7. The van der Waals surface area contributed by atoms with Crippen molar-refractivity contribution in [3.63, 3.8) is 0 Å². The highest BCUT2D eigenvalue weighted by molar-refractivity contribution is 7.88. The van der Waals surface area contributed by atoms with Gasteiger partial charge in [0.15, 0.2) is 0 Å². The lowest BCUT2D eigenvalue weighted by molar-refractivity contribution is -0.136. The SMILES string of the molecule is NCc1ccc(CS(=O)(=O)N(CCO)CC(F)(F)F)cc1. The standard InChI is InChI=1S/C12H17F3N2O3S/c13-12(14,15)9-17(5-6-18)21(19,20)8-11-3-1-10(7-16)2-4-11/h1-4,18H,5-9,16H2. The van der Waals surface area contributed by atoms with Crippen molar-refractivity contribution in [2.75, 3.05) is 19.7 Å². The van der Waals surface area contributed by atoms with Gasteiger partial charge in [0.25, 0.3) is 0 Å². The molecule has 0 unspecified atom stereocenters. The molecule has 0 saturated carbocycles. The zero-order chi connectivity index (χ0) is 16.1. The molecule has 0 bridgehead atoms.